The molecule has 8 nitrogen and oxygen atoms in total. The number of carbonyl (C=O) groups is 3. The van der Waals surface area contributed by atoms with Crippen molar-refractivity contribution in [2.24, 2.45) is 0 Å². The Kier molecular flexibility index (Phi) is 9.10. The van der Waals surface area contributed by atoms with Crippen molar-refractivity contribution in [2.45, 2.75) is 56.7 Å². The van der Waals surface area contributed by atoms with Gasteiger partial charge in [0.2, 0.25) is 5.91 Å². The Bertz CT molecular complexity index is 1640. The van der Waals surface area contributed by atoms with Gasteiger partial charge >= 0.3 is 0 Å². The number of rotatable bonds is 9. The van der Waals surface area contributed by atoms with E-state index in [1.807, 2.05) is 73.8 Å². The highest BCUT2D eigenvalue weighted by molar-refractivity contribution is 8.00. The number of carbonyl (C=O) groups excluding carboxylic acids is 3. The van der Waals surface area contributed by atoms with Crippen LogP contribution in [0.25, 0.3) is 10.1 Å². The second-order valence-corrected chi connectivity index (χ2v) is 13.7. The van der Waals surface area contributed by atoms with Gasteiger partial charge in [-0.25, -0.2) is 0 Å². The number of benzene rings is 3. The molecule has 1 fully saturated rings. The molecule has 1 saturated heterocycles. The molecule has 4 aromatic rings. The summed E-state index contributed by atoms with van der Waals surface area (Å²) >= 11 is 3.08. The van der Waals surface area contributed by atoms with Crippen molar-refractivity contribution in [1.29, 1.82) is 0 Å². The summed E-state index contributed by atoms with van der Waals surface area (Å²) in [5, 5.41) is 30.6. The highest BCUT2D eigenvalue weighted by atomic mass is 32.2. The molecule has 3 atom stereocenters. The molecule has 1 aromatic heterocycles. The zero-order valence-corrected chi connectivity index (χ0v) is 25.9. The van der Waals surface area contributed by atoms with Gasteiger partial charge in [-0.05, 0) is 67.3 Å². The number of hydrogen-bond acceptors (Lipinski definition) is 7. The van der Waals surface area contributed by atoms with Crippen molar-refractivity contribution < 1.29 is 24.6 Å². The molecule has 0 aliphatic carbocycles. The van der Waals surface area contributed by atoms with Crippen LogP contribution in [0.2, 0.25) is 0 Å². The highest BCUT2D eigenvalue weighted by Gasteiger charge is 2.49. The van der Waals surface area contributed by atoms with Gasteiger partial charge in [-0.15, -0.1) is 23.1 Å². The third-order valence-corrected chi connectivity index (χ3v) is 10.3. The third-order valence-electron chi connectivity index (χ3n) is 7.89. The van der Waals surface area contributed by atoms with E-state index in [4.69, 9.17) is 0 Å². The monoisotopic (exact) mass is 617 g/mol. The lowest BCUT2D eigenvalue weighted by Gasteiger charge is -2.33. The van der Waals surface area contributed by atoms with Crippen LogP contribution in [0.1, 0.15) is 40.9 Å². The molecule has 0 spiro atoms. The summed E-state index contributed by atoms with van der Waals surface area (Å²) in [7, 11) is 0. The molecule has 0 bridgehead atoms. The Morgan fingerprint density at radius 1 is 1.02 bits per heavy atom. The summed E-state index contributed by atoms with van der Waals surface area (Å²) in [4.78, 5) is 42.3. The van der Waals surface area contributed by atoms with Gasteiger partial charge in [-0.1, -0.05) is 54.6 Å². The lowest BCUT2D eigenvalue weighted by Crippen LogP contribution is -2.58. The maximum absolute atomic E-state index is 13.9. The van der Waals surface area contributed by atoms with Gasteiger partial charge in [-0.3, -0.25) is 14.4 Å². The number of thioether (sulfide) groups is 1. The van der Waals surface area contributed by atoms with Crippen LogP contribution in [0.15, 0.2) is 78.2 Å². The van der Waals surface area contributed by atoms with Crippen molar-refractivity contribution in [1.82, 2.24) is 15.5 Å². The van der Waals surface area contributed by atoms with Crippen molar-refractivity contribution in [3.05, 3.63) is 100 Å². The minimum Gasteiger partial charge on any atom is -0.508 e. The van der Waals surface area contributed by atoms with E-state index in [9.17, 15) is 24.6 Å². The standard InChI is InChI=1S/C33H35N3O5S2/c1-20-23(13-9-14-26(20)37)30(39)35-25(16-21-10-5-4-6-11-21)28(38)32(41)36-19-43-33(2,3)29(36)31(40)34-17-22-18-42-27-15-8-7-12-24(22)27/h4-15,18,25,28-29,37-38H,16-17,19H2,1-3H3,(H,34,40)(H,35,39)/t25-,28-,29-/m0/s1. The summed E-state index contributed by atoms with van der Waals surface area (Å²) in [6.45, 7) is 5.77. The second-order valence-electron chi connectivity index (χ2n) is 11.2. The Hall–Kier alpha value is -3.86. The number of phenolic OH excluding ortho intramolecular Hbond substituents is 1. The maximum atomic E-state index is 13.9. The highest BCUT2D eigenvalue weighted by Crippen LogP contribution is 2.40. The summed E-state index contributed by atoms with van der Waals surface area (Å²) in [6, 6.07) is 20.1. The molecular formula is C33H35N3O5S2. The Morgan fingerprint density at radius 2 is 1.74 bits per heavy atom. The quantitative estimate of drug-likeness (QED) is 0.218. The van der Waals surface area contributed by atoms with Crippen molar-refractivity contribution >= 4 is 50.9 Å². The van der Waals surface area contributed by atoms with E-state index in [2.05, 4.69) is 10.6 Å². The van der Waals surface area contributed by atoms with Gasteiger partial charge in [-0.2, -0.15) is 0 Å². The number of aliphatic hydroxyl groups is 1. The van der Waals surface area contributed by atoms with E-state index in [0.717, 1.165) is 21.2 Å². The summed E-state index contributed by atoms with van der Waals surface area (Å²) < 4.78 is 0.531. The predicted octanol–water partition coefficient (Wildman–Crippen LogP) is 4.61. The van der Waals surface area contributed by atoms with Crippen molar-refractivity contribution in [3.8, 4) is 5.75 Å². The molecule has 224 valence electrons. The average molecular weight is 618 g/mol. The van der Waals surface area contributed by atoms with E-state index in [0.29, 0.717) is 12.1 Å². The summed E-state index contributed by atoms with van der Waals surface area (Å²) in [6.07, 6.45) is -1.43. The van der Waals surface area contributed by atoms with E-state index < -0.39 is 34.7 Å². The molecule has 0 saturated carbocycles. The summed E-state index contributed by atoms with van der Waals surface area (Å²) in [5.74, 6) is -1.25. The van der Waals surface area contributed by atoms with Crippen LogP contribution in [0.4, 0.5) is 0 Å². The van der Waals surface area contributed by atoms with Crippen LogP contribution >= 0.6 is 23.1 Å². The average Bonchev–Trinajstić information content (AvgIpc) is 3.56. The van der Waals surface area contributed by atoms with E-state index in [1.165, 1.54) is 22.7 Å². The number of fused-ring (bicyclic) bond motifs is 1. The number of nitrogens with zero attached hydrogens (tertiary/aromatic N) is 1. The second kappa shape index (κ2) is 12.8. The fraction of sp³-hybridized carbons (Fsp3) is 0.303. The normalized spacial score (nSPS) is 17.4. The first-order valence-electron chi connectivity index (χ1n) is 14.1. The smallest absolute Gasteiger partial charge is 0.254 e. The van der Waals surface area contributed by atoms with Gasteiger partial charge < -0.3 is 25.7 Å². The minimum absolute atomic E-state index is 0.0236. The maximum Gasteiger partial charge on any atom is 0.254 e. The number of phenols is 1. The molecule has 4 N–H and O–H groups in total. The first-order valence-corrected chi connectivity index (χ1v) is 15.9. The van der Waals surface area contributed by atoms with E-state index in [-0.39, 0.29) is 29.5 Å². The topological polar surface area (TPSA) is 119 Å². The molecule has 0 radical (unpaired) electrons. The lowest BCUT2D eigenvalue weighted by atomic mass is 9.96. The van der Waals surface area contributed by atoms with E-state index >= 15 is 0 Å². The zero-order valence-electron chi connectivity index (χ0n) is 24.2. The summed E-state index contributed by atoms with van der Waals surface area (Å²) in [5.41, 5.74) is 2.46. The van der Waals surface area contributed by atoms with Crippen LogP contribution in [-0.4, -0.2) is 61.6 Å². The van der Waals surface area contributed by atoms with Crippen LogP contribution in [0, 0.1) is 6.92 Å². The molecule has 3 amide bonds. The largest absolute Gasteiger partial charge is 0.508 e. The first-order chi connectivity index (χ1) is 20.6. The minimum atomic E-state index is -1.62. The molecular weight excluding hydrogens is 583 g/mol. The fourth-order valence-corrected chi connectivity index (χ4v) is 7.53. The van der Waals surface area contributed by atoms with Gasteiger partial charge in [0, 0.05) is 27.1 Å². The number of amides is 3. The molecule has 5 rings (SSSR count). The van der Waals surface area contributed by atoms with Crippen molar-refractivity contribution in [2.75, 3.05) is 5.88 Å². The Morgan fingerprint density at radius 3 is 2.51 bits per heavy atom. The van der Waals surface area contributed by atoms with Crippen LogP contribution in [-0.2, 0) is 22.6 Å². The molecule has 2 heterocycles. The van der Waals surface area contributed by atoms with Gasteiger partial charge in [0.25, 0.3) is 11.8 Å². The molecule has 0 unspecified atom stereocenters. The predicted molar refractivity (Wildman–Crippen MR) is 171 cm³/mol. The molecule has 43 heavy (non-hydrogen) atoms. The zero-order chi connectivity index (χ0) is 30.7. The first kappa shape index (κ1) is 30.6. The van der Waals surface area contributed by atoms with E-state index in [1.54, 1.807) is 30.4 Å². The SMILES string of the molecule is Cc1c(O)cccc1C(=O)N[C@@H](Cc1ccccc1)[C@H](O)C(=O)N1CSC(C)(C)[C@@H]1C(=O)NCc1csc2ccccc12. The third kappa shape index (κ3) is 6.56. The number of nitrogens with one attached hydrogen (secondary N) is 2. The molecule has 1 aliphatic rings. The van der Waals surface area contributed by atoms with Gasteiger partial charge in [0.1, 0.15) is 11.8 Å². The molecule has 10 heteroatoms. The molecule has 1 aliphatic heterocycles. The van der Waals surface area contributed by atoms with Crippen LogP contribution in [0.5, 0.6) is 5.75 Å². The number of thiophene rings is 1. The number of hydrogen-bond donors (Lipinski definition) is 4. The van der Waals surface area contributed by atoms with Crippen LogP contribution < -0.4 is 10.6 Å². The van der Waals surface area contributed by atoms with Crippen LogP contribution in [0.3, 0.4) is 0 Å². The lowest BCUT2D eigenvalue weighted by molar-refractivity contribution is -0.147. The number of aliphatic hydroxyl groups excluding tert-OH is 1. The number of aromatic hydroxyl groups is 1. The van der Waals surface area contributed by atoms with Gasteiger partial charge in [0.15, 0.2) is 6.10 Å². The molecule has 3 aromatic carbocycles. The van der Waals surface area contributed by atoms with Crippen molar-refractivity contribution in [3.63, 3.8) is 0 Å². The van der Waals surface area contributed by atoms with Gasteiger partial charge in [0.05, 0.1) is 11.9 Å². The Labute approximate surface area is 259 Å². The Balaban J connectivity index is 1.36. The fourth-order valence-electron chi connectivity index (χ4n) is 5.43.